The first-order chi connectivity index (χ1) is 13.9. The highest BCUT2D eigenvalue weighted by molar-refractivity contribution is 7.89. The van der Waals surface area contributed by atoms with Crippen LogP contribution in [0, 0.1) is 0 Å². The van der Waals surface area contributed by atoms with Crippen LogP contribution in [-0.2, 0) is 10.0 Å². The lowest BCUT2D eigenvalue weighted by Crippen LogP contribution is -2.31. The standard InChI is InChI=1S/C20H22F2N2O4S/c21-20(22)28-17-7-5-6-15(14-17)19(25)23-16-8-10-18(11-9-16)29(26,27)24-12-3-1-2-4-13-24/h5-11,14,20H,1-4,12-13H2,(H,23,25). The number of halogens is 2. The predicted octanol–water partition coefficient (Wildman–Crippen LogP) is 4.11. The van der Waals surface area contributed by atoms with E-state index in [4.69, 9.17) is 0 Å². The molecule has 0 spiro atoms. The number of carbonyl (C=O) groups excluding carboxylic acids is 1. The zero-order valence-electron chi connectivity index (χ0n) is 15.7. The van der Waals surface area contributed by atoms with Crippen molar-refractivity contribution in [1.82, 2.24) is 4.31 Å². The minimum Gasteiger partial charge on any atom is -0.435 e. The molecule has 0 aromatic heterocycles. The molecule has 0 aliphatic carbocycles. The lowest BCUT2D eigenvalue weighted by atomic mass is 10.2. The summed E-state index contributed by atoms with van der Waals surface area (Å²) in [6.07, 6.45) is 3.75. The maximum Gasteiger partial charge on any atom is 0.387 e. The number of ether oxygens (including phenoxy) is 1. The van der Waals surface area contributed by atoms with Crippen LogP contribution in [-0.4, -0.2) is 38.3 Å². The summed E-state index contributed by atoms with van der Waals surface area (Å²) in [5.74, 6) is -0.639. The van der Waals surface area contributed by atoms with E-state index in [0.29, 0.717) is 18.8 Å². The van der Waals surface area contributed by atoms with Crippen molar-refractivity contribution in [3.05, 3.63) is 54.1 Å². The van der Waals surface area contributed by atoms with Crippen LogP contribution in [0.4, 0.5) is 14.5 Å². The van der Waals surface area contributed by atoms with Crippen LogP contribution in [0.3, 0.4) is 0 Å². The predicted molar refractivity (Wildman–Crippen MR) is 105 cm³/mol. The number of nitrogens with zero attached hydrogens (tertiary/aromatic N) is 1. The number of hydrogen-bond acceptors (Lipinski definition) is 4. The van der Waals surface area contributed by atoms with Crippen molar-refractivity contribution in [1.29, 1.82) is 0 Å². The fourth-order valence-electron chi connectivity index (χ4n) is 3.16. The van der Waals surface area contributed by atoms with Crippen molar-refractivity contribution in [3.63, 3.8) is 0 Å². The number of hydrogen-bond donors (Lipinski definition) is 1. The van der Waals surface area contributed by atoms with Crippen molar-refractivity contribution < 1.29 is 26.7 Å². The third-order valence-electron chi connectivity index (χ3n) is 4.64. The molecule has 6 nitrogen and oxygen atoms in total. The Bertz CT molecular complexity index is 941. The minimum atomic E-state index is -3.57. The smallest absolute Gasteiger partial charge is 0.387 e. The Morgan fingerprint density at radius 2 is 1.66 bits per heavy atom. The number of sulfonamides is 1. The van der Waals surface area contributed by atoms with Crippen molar-refractivity contribution in [2.24, 2.45) is 0 Å². The summed E-state index contributed by atoms with van der Waals surface area (Å²) >= 11 is 0. The van der Waals surface area contributed by atoms with Gasteiger partial charge in [-0.25, -0.2) is 8.42 Å². The van der Waals surface area contributed by atoms with E-state index in [1.54, 1.807) is 0 Å². The van der Waals surface area contributed by atoms with Crippen molar-refractivity contribution in [2.45, 2.75) is 37.2 Å². The summed E-state index contributed by atoms with van der Waals surface area (Å²) in [7, 11) is -3.57. The van der Waals surface area contributed by atoms with Crippen molar-refractivity contribution in [3.8, 4) is 5.75 Å². The summed E-state index contributed by atoms with van der Waals surface area (Å²) in [6, 6.07) is 11.3. The lowest BCUT2D eigenvalue weighted by Gasteiger charge is -2.20. The molecule has 1 fully saturated rings. The highest BCUT2D eigenvalue weighted by atomic mass is 32.2. The van der Waals surface area contributed by atoms with E-state index >= 15 is 0 Å². The van der Waals surface area contributed by atoms with Crippen LogP contribution in [0.15, 0.2) is 53.4 Å². The molecule has 1 N–H and O–H groups in total. The summed E-state index contributed by atoms with van der Waals surface area (Å²) in [6.45, 7) is -1.96. The first-order valence-electron chi connectivity index (χ1n) is 9.33. The normalized spacial score (nSPS) is 15.7. The quantitative estimate of drug-likeness (QED) is 0.757. The van der Waals surface area contributed by atoms with Crippen LogP contribution in [0.1, 0.15) is 36.0 Å². The fourth-order valence-corrected chi connectivity index (χ4v) is 4.68. The maximum atomic E-state index is 12.8. The van der Waals surface area contributed by atoms with Gasteiger partial charge in [-0.1, -0.05) is 18.9 Å². The molecule has 1 aliphatic rings. The number of alkyl halides is 2. The molecule has 9 heteroatoms. The Morgan fingerprint density at radius 3 is 2.28 bits per heavy atom. The highest BCUT2D eigenvalue weighted by Gasteiger charge is 2.25. The van der Waals surface area contributed by atoms with Gasteiger partial charge in [0.1, 0.15) is 5.75 Å². The number of benzene rings is 2. The SMILES string of the molecule is O=C(Nc1ccc(S(=O)(=O)N2CCCCCC2)cc1)c1cccc(OC(F)F)c1. The molecule has 0 saturated carbocycles. The minimum absolute atomic E-state index is 0.119. The van der Waals surface area contributed by atoms with E-state index in [1.807, 2.05) is 0 Å². The summed E-state index contributed by atoms with van der Waals surface area (Å²) in [4.78, 5) is 12.5. The molecule has 0 unspecified atom stereocenters. The Hall–Kier alpha value is -2.52. The first-order valence-corrected chi connectivity index (χ1v) is 10.8. The molecule has 1 amide bonds. The van der Waals surface area contributed by atoms with E-state index < -0.39 is 22.5 Å². The summed E-state index contributed by atoms with van der Waals surface area (Å²) in [5, 5.41) is 2.62. The molecule has 0 bridgehead atoms. The molecule has 1 heterocycles. The lowest BCUT2D eigenvalue weighted by molar-refractivity contribution is -0.0498. The van der Waals surface area contributed by atoms with Gasteiger partial charge in [-0.05, 0) is 55.3 Å². The average Bonchev–Trinajstić information content (AvgIpc) is 2.98. The number of amides is 1. The molecule has 1 aliphatic heterocycles. The van der Waals surface area contributed by atoms with Gasteiger partial charge in [-0.3, -0.25) is 4.79 Å². The van der Waals surface area contributed by atoms with Gasteiger partial charge in [0.2, 0.25) is 10.0 Å². The van der Waals surface area contributed by atoms with Gasteiger partial charge in [0, 0.05) is 24.3 Å². The number of anilines is 1. The van der Waals surface area contributed by atoms with E-state index in [-0.39, 0.29) is 16.2 Å². The van der Waals surface area contributed by atoms with Crippen molar-refractivity contribution >= 4 is 21.6 Å². The summed E-state index contributed by atoms with van der Waals surface area (Å²) < 4.78 is 56.0. The summed E-state index contributed by atoms with van der Waals surface area (Å²) in [5.41, 5.74) is 0.536. The van der Waals surface area contributed by atoms with E-state index in [9.17, 15) is 22.0 Å². The molecule has 0 radical (unpaired) electrons. The zero-order chi connectivity index (χ0) is 20.9. The first kappa shape index (κ1) is 21.2. The largest absolute Gasteiger partial charge is 0.435 e. The molecule has 156 valence electrons. The molecule has 3 rings (SSSR count). The van der Waals surface area contributed by atoms with Crippen LogP contribution in [0.25, 0.3) is 0 Å². The molecule has 29 heavy (non-hydrogen) atoms. The Kier molecular flexibility index (Phi) is 6.81. The molecule has 1 saturated heterocycles. The third kappa shape index (κ3) is 5.51. The Balaban J connectivity index is 1.69. The molecule has 2 aromatic carbocycles. The van der Waals surface area contributed by atoms with Crippen LogP contribution < -0.4 is 10.1 Å². The Labute approximate surface area is 168 Å². The number of rotatable bonds is 6. The van der Waals surface area contributed by atoms with Gasteiger partial charge < -0.3 is 10.1 Å². The second kappa shape index (κ2) is 9.32. The topological polar surface area (TPSA) is 75.7 Å². The van der Waals surface area contributed by atoms with Crippen LogP contribution in [0.2, 0.25) is 0 Å². The van der Waals surface area contributed by atoms with Crippen LogP contribution in [0.5, 0.6) is 5.75 Å². The molecular formula is C20H22F2N2O4S. The monoisotopic (exact) mass is 424 g/mol. The van der Waals surface area contributed by atoms with Crippen LogP contribution >= 0.6 is 0 Å². The van der Waals surface area contributed by atoms with Gasteiger partial charge >= 0.3 is 6.61 Å². The number of carbonyl (C=O) groups is 1. The van der Waals surface area contributed by atoms with E-state index in [1.165, 1.54) is 52.8 Å². The van der Waals surface area contributed by atoms with Crippen molar-refractivity contribution in [2.75, 3.05) is 18.4 Å². The van der Waals surface area contributed by atoms with Gasteiger partial charge in [0.25, 0.3) is 5.91 Å². The number of nitrogens with one attached hydrogen (secondary N) is 1. The molecule has 0 atom stereocenters. The van der Waals surface area contributed by atoms with Gasteiger partial charge in [0.15, 0.2) is 0 Å². The molecule has 2 aromatic rings. The Morgan fingerprint density at radius 1 is 1.00 bits per heavy atom. The zero-order valence-corrected chi connectivity index (χ0v) is 16.5. The molecular weight excluding hydrogens is 402 g/mol. The average molecular weight is 424 g/mol. The van der Waals surface area contributed by atoms with Gasteiger partial charge in [-0.2, -0.15) is 13.1 Å². The van der Waals surface area contributed by atoms with Gasteiger partial charge in [-0.15, -0.1) is 0 Å². The van der Waals surface area contributed by atoms with E-state index in [2.05, 4.69) is 10.1 Å². The van der Waals surface area contributed by atoms with Gasteiger partial charge in [0.05, 0.1) is 4.90 Å². The third-order valence-corrected chi connectivity index (χ3v) is 6.55. The second-order valence-corrected chi connectivity index (χ2v) is 8.64. The van der Waals surface area contributed by atoms with E-state index in [0.717, 1.165) is 25.7 Å². The maximum absolute atomic E-state index is 12.8. The second-order valence-electron chi connectivity index (χ2n) is 6.70. The fraction of sp³-hybridized carbons (Fsp3) is 0.350. The highest BCUT2D eigenvalue weighted by Crippen LogP contribution is 2.22.